The van der Waals surface area contributed by atoms with Crippen molar-refractivity contribution in [2.75, 3.05) is 47.5 Å². The molecule has 1 fully saturated rings. The Bertz CT molecular complexity index is 581. The van der Waals surface area contributed by atoms with Crippen LogP contribution in [-0.4, -0.2) is 58.3 Å². The third kappa shape index (κ3) is 5.01. The molecule has 1 aromatic carbocycles. The first-order valence-electron chi connectivity index (χ1n) is 8.88. The van der Waals surface area contributed by atoms with Crippen molar-refractivity contribution in [1.29, 1.82) is 0 Å². The van der Waals surface area contributed by atoms with E-state index >= 15 is 0 Å². The normalized spacial score (nSPS) is 15.4. The summed E-state index contributed by atoms with van der Waals surface area (Å²) < 4.78 is 16.3. The number of hydrogen-bond acceptors (Lipinski definition) is 4. The van der Waals surface area contributed by atoms with E-state index in [0.29, 0.717) is 23.8 Å². The molecule has 1 amide bonds. The van der Waals surface area contributed by atoms with Gasteiger partial charge in [-0.2, -0.15) is 0 Å². The van der Waals surface area contributed by atoms with E-state index in [1.807, 2.05) is 17.0 Å². The van der Waals surface area contributed by atoms with Crippen LogP contribution in [0.5, 0.6) is 17.2 Å². The Hall–Kier alpha value is -1.95. The van der Waals surface area contributed by atoms with E-state index in [-0.39, 0.29) is 5.91 Å². The van der Waals surface area contributed by atoms with Crippen LogP contribution in [0.2, 0.25) is 0 Å². The number of piperazine rings is 1. The molecule has 6 heteroatoms. The van der Waals surface area contributed by atoms with Gasteiger partial charge in [-0.3, -0.25) is 4.79 Å². The Morgan fingerprint density at radius 1 is 1.04 bits per heavy atom. The zero-order valence-corrected chi connectivity index (χ0v) is 16.1. The number of quaternary nitrogens is 1. The van der Waals surface area contributed by atoms with Crippen LogP contribution in [0.1, 0.15) is 25.8 Å². The first kappa shape index (κ1) is 19.4. The Morgan fingerprint density at radius 2 is 1.60 bits per heavy atom. The Balaban J connectivity index is 2.00. The molecule has 1 N–H and O–H groups in total. The lowest BCUT2D eigenvalue weighted by Gasteiger charge is -2.33. The third-order valence-corrected chi connectivity index (χ3v) is 4.63. The highest BCUT2D eigenvalue weighted by molar-refractivity contribution is 5.76. The van der Waals surface area contributed by atoms with Crippen LogP contribution in [-0.2, 0) is 11.3 Å². The highest BCUT2D eigenvalue weighted by Crippen LogP contribution is 2.34. The largest absolute Gasteiger partial charge is 0.496 e. The Labute approximate surface area is 150 Å². The molecule has 2 rings (SSSR count). The third-order valence-electron chi connectivity index (χ3n) is 4.63. The summed E-state index contributed by atoms with van der Waals surface area (Å²) in [5.41, 5.74) is 1.09. The number of carbonyl (C=O) groups is 1. The van der Waals surface area contributed by atoms with Gasteiger partial charge >= 0.3 is 0 Å². The first-order chi connectivity index (χ1) is 12.0. The summed E-state index contributed by atoms with van der Waals surface area (Å²) in [5, 5.41) is 0. The molecule has 0 saturated carbocycles. The monoisotopic (exact) mass is 351 g/mol. The number of methoxy groups -OCH3 is 3. The SMILES string of the molecule is COc1cc(OC)c(OC)cc1C[NH+]1CCN(C(=O)CC(C)C)CC1. The molecule has 1 saturated heterocycles. The molecule has 140 valence electrons. The first-order valence-corrected chi connectivity index (χ1v) is 8.88. The topological polar surface area (TPSA) is 52.4 Å². The summed E-state index contributed by atoms with van der Waals surface area (Å²) in [6.07, 6.45) is 0.638. The lowest BCUT2D eigenvalue weighted by atomic mass is 10.1. The molecule has 1 aliphatic heterocycles. The highest BCUT2D eigenvalue weighted by atomic mass is 16.5. The van der Waals surface area contributed by atoms with Crippen molar-refractivity contribution in [2.24, 2.45) is 5.92 Å². The van der Waals surface area contributed by atoms with Gasteiger partial charge in [0.25, 0.3) is 0 Å². The second kappa shape index (κ2) is 8.94. The number of ether oxygens (including phenoxy) is 3. The maximum atomic E-state index is 12.2. The van der Waals surface area contributed by atoms with Gasteiger partial charge in [-0.1, -0.05) is 13.8 Å². The van der Waals surface area contributed by atoms with Crippen LogP contribution in [0.3, 0.4) is 0 Å². The molecule has 0 spiro atoms. The van der Waals surface area contributed by atoms with Crippen molar-refractivity contribution in [3.63, 3.8) is 0 Å². The van der Waals surface area contributed by atoms with E-state index in [9.17, 15) is 4.79 Å². The molecular formula is C19H31N2O4+. The molecule has 0 atom stereocenters. The molecular weight excluding hydrogens is 320 g/mol. The fraction of sp³-hybridized carbons (Fsp3) is 0.632. The minimum atomic E-state index is 0.276. The quantitative estimate of drug-likeness (QED) is 0.796. The van der Waals surface area contributed by atoms with Gasteiger partial charge in [0, 0.05) is 12.5 Å². The molecule has 6 nitrogen and oxygen atoms in total. The summed E-state index contributed by atoms with van der Waals surface area (Å²) in [6, 6.07) is 3.86. The van der Waals surface area contributed by atoms with Gasteiger partial charge in [0.1, 0.15) is 12.3 Å². The number of rotatable bonds is 7. The van der Waals surface area contributed by atoms with Crippen LogP contribution in [0.25, 0.3) is 0 Å². The fourth-order valence-electron chi connectivity index (χ4n) is 3.23. The van der Waals surface area contributed by atoms with Crippen molar-refractivity contribution in [3.8, 4) is 17.2 Å². The van der Waals surface area contributed by atoms with E-state index in [0.717, 1.165) is 44.0 Å². The average molecular weight is 351 g/mol. The molecule has 25 heavy (non-hydrogen) atoms. The van der Waals surface area contributed by atoms with Gasteiger partial charge in [0.2, 0.25) is 5.91 Å². The summed E-state index contributed by atoms with van der Waals surface area (Å²) in [5.74, 6) is 2.88. The molecule has 0 aliphatic carbocycles. The van der Waals surface area contributed by atoms with E-state index in [2.05, 4.69) is 13.8 Å². The smallest absolute Gasteiger partial charge is 0.223 e. The number of nitrogens with zero attached hydrogens (tertiary/aromatic N) is 1. The summed E-state index contributed by atoms with van der Waals surface area (Å²) in [6.45, 7) is 8.54. The fourth-order valence-corrected chi connectivity index (χ4v) is 3.23. The predicted octanol–water partition coefficient (Wildman–Crippen LogP) is 0.986. The van der Waals surface area contributed by atoms with Gasteiger partial charge in [-0.25, -0.2) is 0 Å². The predicted molar refractivity (Wildman–Crippen MR) is 96.5 cm³/mol. The minimum Gasteiger partial charge on any atom is -0.496 e. The van der Waals surface area contributed by atoms with Crippen molar-refractivity contribution in [2.45, 2.75) is 26.8 Å². The minimum absolute atomic E-state index is 0.276. The number of benzene rings is 1. The van der Waals surface area contributed by atoms with Crippen LogP contribution in [0.15, 0.2) is 12.1 Å². The molecule has 0 radical (unpaired) electrons. The summed E-state index contributed by atoms with van der Waals surface area (Å²) in [4.78, 5) is 15.6. The standard InChI is InChI=1S/C19H30N2O4/c1-14(2)10-19(22)21-8-6-20(7-9-21)13-15-11-17(24-4)18(25-5)12-16(15)23-3/h11-12,14H,6-10,13H2,1-5H3/p+1. The van der Waals surface area contributed by atoms with Gasteiger partial charge in [0.15, 0.2) is 11.5 Å². The van der Waals surface area contributed by atoms with Crippen molar-refractivity contribution in [1.82, 2.24) is 4.90 Å². The molecule has 1 heterocycles. The molecule has 0 bridgehead atoms. The van der Waals surface area contributed by atoms with Gasteiger partial charge in [-0.05, 0) is 12.0 Å². The van der Waals surface area contributed by atoms with Crippen molar-refractivity contribution < 1.29 is 23.9 Å². The van der Waals surface area contributed by atoms with Crippen LogP contribution >= 0.6 is 0 Å². The lowest BCUT2D eigenvalue weighted by Crippen LogP contribution is -3.13. The number of carbonyl (C=O) groups excluding carboxylic acids is 1. The zero-order valence-electron chi connectivity index (χ0n) is 16.1. The average Bonchev–Trinajstić information content (AvgIpc) is 2.61. The van der Waals surface area contributed by atoms with Crippen LogP contribution < -0.4 is 19.1 Å². The lowest BCUT2D eigenvalue weighted by molar-refractivity contribution is -0.917. The van der Waals surface area contributed by atoms with Crippen molar-refractivity contribution >= 4 is 5.91 Å². The molecule has 0 unspecified atom stereocenters. The zero-order chi connectivity index (χ0) is 18.4. The van der Waals surface area contributed by atoms with Gasteiger partial charge in [0.05, 0.1) is 53.1 Å². The second-order valence-electron chi connectivity index (χ2n) is 6.92. The maximum Gasteiger partial charge on any atom is 0.223 e. The van der Waals surface area contributed by atoms with E-state index in [1.54, 1.807) is 21.3 Å². The number of hydrogen-bond donors (Lipinski definition) is 1. The van der Waals surface area contributed by atoms with Crippen LogP contribution in [0, 0.1) is 5.92 Å². The van der Waals surface area contributed by atoms with Gasteiger partial charge in [-0.15, -0.1) is 0 Å². The van der Waals surface area contributed by atoms with Gasteiger partial charge < -0.3 is 24.0 Å². The molecule has 1 aliphatic rings. The summed E-state index contributed by atoms with van der Waals surface area (Å²) in [7, 11) is 4.93. The molecule has 1 aromatic rings. The second-order valence-corrected chi connectivity index (χ2v) is 6.92. The number of amides is 1. The summed E-state index contributed by atoms with van der Waals surface area (Å²) >= 11 is 0. The van der Waals surface area contributed by atoms with Crippen molar-refractivity contribution in [3.05, 3.63) is 17.7 Å². The highest BCUT2D eigenvalue weighted by Gasteiger charge is 2.25. The Kier molecular flexibility index (Phi) is 6.93. The molecule has 0 aromatic heterocycles. The maximum absolute atomic E-state index is 12.2. The number of nitrogens with one attached hydrogen (secondary N) is 1. The van der Waals surface area contributed by atoms with Crippen LogP contribution in [0.4, 0.5) is 0 Å². The van der Waals surface area contributed by atoms with E-state index < -0.39 is 0 Å². The van der Waals surface area contributed by atoms with E-state index in [1.165, 1.54) is 4.90 Å². The van der Waals surface area contributed by atoms with E-state index in [4.69, 9.17) is 14.2 Å². The Morgan fingerprint density at radius 3 is 2.12 bits per heavy atom.